The molecule has 2 saturated heterocycles. The number of carbonyl (C=O) groups is 1. The molecule has 2 amide bonds. The maximum Gasteiger partial charge on any atom is 0.322 e. The zero-order valence-corrected chi connectivity index (χ0v) is 15.9. The minimum Gasteiger partial charge on any atom is -0.355 e. The highest BCUT2D eigenvalue weighted by molar-refractivity contribution is 5.92. The third-order valence-corrected chi connectivity index (χ3v) is 5.17. The van der Waals surface area contributed by atoms with Gasteiger partial charge in [-0.1, -0.05) is 20.8 Å². The molecule has 3 heterocycles. The number of rotatable bonds is 3. The first-order valence-electron chi connectivity index (χ1n) is 9.72. The van der Waals surface area contributed by atoms with E-state index in [2.05, 4.69) is 36.0 Å². The Morgan fingerprint density at radius 2 is 1.96 bits per heavy atom. The number of carbonyl (C=O) groups excluding carboxylic acids is 1. The Balaban J connectivity index is 1.70. The van der Waals surface area contributed by atoms with Gasteiger partial charge in [0.1, 0.15) is 0 Å². The van der Waals surface area contributed by atoms with Gasteiger partial charge in [-0.05, 0) is 56.1 Å². The molecule has 0 spiro atoms. The molecular weight excluding hydrogens is 312 g/mol. The summed E-state index contributed by atoms with van der Waals surface area (Å²) in [7, 11) is 0. The number of pyridine rings is 1. The van der Waals surface area contributed by atoms with E-state index in [4.69, 9.17) is 0 Å². The Bertz CT molecular complexity index is 590. The summed E-state index contributed by atoms with van der Waals surface area (Å²) in [5.74, 6) is 0.919. The highest BCUT2D eigenvalue weighted by Gasteiger charge is 2.32. The van der Waals surface area contributed by atoms with E-state index in [9.17, 15) is 4.79 Å². The Hall–Kier alpha value is -1.78. The van der Waals surface area contributed by atoms with Crippen molar-refractivity contribution in [1.82, 2.24) is 9.88 Å². The SMILES string of the molecule is CC(C)(C)C[C@H]1CCCN1C(=O)Nc1cccnc1N1CCCCC1. The van der Waals surface area contributed by atoms with Crippen LogP contribution in [0, 0.1) is 5.41 Å². The summed E-state index contributed by atoms with van der Waals surface area (Å²) >= 11 is 0. The topological polar surface area (TPSA) is 48.5 Å². The van der Waals surface area contributed by atoms with E-state index >= 15 is 0 Å². The van der Waals surface area contributed by atoms with Crippen LogP contribution in [0.15, 0.2) is 18.3 Å². The average molecular weight is 345 g/mol. The molecule has 1 atom stereocenters. The minimum atomic E-state index is 0.0259. The molecule has 0 aliphatic carbocycles. The predicted molar refractivity (Wildman–Crippen MR) is 103 cm³/mol. The third-order valence-electron chi connectivity index (χ3n) is 5.17. The number of urea groups is 1. The summed E-state index contributed by atoms with van der Waals surface area (Å²) in [5.41, 5.74) is 1.08. The standard InChI is InChI=1S/C20H32N4O/c1-20(2,3)15-16-9-8-14-24(16)19(25)22-17-10-7-11-21-18(17)23-12-5-4-6-13-23/h7,10-11,16H,4-6,8-9,12-15H2,1-3H3,(H,22,25)/t16-/m1/s1. The van der Waals surface area contributed by atoms with E-state index in [1.165, 1.54) is 19.3 Å². The minimum absolute atomic E-state index is 0.0259. The van der Waals surface area contributed by atoms with Gasteiger partial charge in [-0.3, -0.25) is 0 Å². The maximum absolute atomic E-state index is 12.9. The van der Waals surface area contributed by atoms with Crippen LogP contribution in [0.3, 0.4) is 0 Å². The molecule has 0 saturated carbocycles. The molecular formula is C20H32N4O. The van der Waals surface area contributed by atoms with Gasteiger partial charge in [0.05, 0.1) is 5.69 Å². The summed E-state index contributed by atoms with van der Waals surface area (Å²) in [6, 6.07) is 4.25. The molecule has 1 aromatic rings. The number of hydrogen-bond acceptors (Lipinski definition) is 3. The zero-order valence-electron chi connectivity index (χ0n) is 15.9. The van der Waals surface area contributed by atoms with Crippen molar-refractivity contribution in [1.29, 1.82) is 0 Å². The van der Waals surface area contributed by atoms with Gasteiger partial charge < -0.3 is 15.1 Å². The number of hydrogen-bond donors (Lipinski definition) is 1. The molecule has 1 N–H and O–H groups in total. The van der Waals surface area contributed by atoms with Gasteiger partial charge in [0.25, 0.3) is 0 Å². The number of aromatic nitrogens is 1. The monoisotopic (exact) mass is 344 g/mol. The van der Waals surface area contributed by atoms with Crippen molar-refractivity contribution in [2.24, 2.45) is 5.41 Å². The van der Waals surface area contributed by atoms with Crippen LogP contribution in [0.5, 0.6) is 0 Å². The summed E-state index contributed by atoms with van der Waals surface area (Å²) in [4.78, 5) is 21.8. The normalized spacial score (nSPS) is 21.5. The molecule has 2 aliphatic heterocycles. The molecule has 3 rings (SSSR count). The van der Waals surface area contributed by atoms with Crippen LogP contribution in [-0.2, 0) is 0 Å². The fraction of sp³-hybridized carbons (Fsp3) is 0.700. The quantitative estimate of drug-likeness (QED) is 0.878. The highest BCUT2D eigenvalue weighted by Crippen LogP contribution is 2.31. The van der Waals surface area contributed by atoms with Gasteiger partial charge in [-0.2, -0.15) is 0 Å². The van der Waals surface area contributed by atoms with Crippen LogP contribution in [0.25, 0.3) is 0 Å². The zero-order chi connectivity index (χ0) is 17.9. The van der Waals surface area contributed by atoms with E-state index in [0.29, 0.717) is 6.04 Å². The number of nitrogens with one attached hydrogen (secondary N) is 1. The Labute approximate surface area is 151 Å². The molecule has 2 fully saturated rings. The van der Waals surface area contributed by atoms with Crippen LogP contribution in [0.1, 0.15) is 59.3 Å². The van der Waals surface area contributed by atoms with Crippen LogP contribution < -0.4 is 10.2 Å². The lowest BCUT2D eigenvalue weighted by molar-refractivity contribution is 0.187. The van der Waals surface area contributed by atoms with Gasteiger partial charge in [-0.15, -0.1) is 0 Å². The molecule has 0 radical (unpaired) electrons. The van der Waals surface area contributed by atoms with Crippen molar-refractivity contribution in [2.75, 3.05) is 29.9 Å². The van der Waals surface area contributed by atoms with Crippen molar-refractivity contribution in [3.63, 3.8) is 0 Å². The number of amides is 2. The Kier molecular flexibility index (Phi) is 5.50. The highest BCUT2D eigenvalue weighted by atomic mass is 16.2. The van der Waals surface area contributed by atoms with Gasteiger partial charge in [0, 0.05) is 31.9 Å². The van der Waals surface area contributed by atoms with Crippen molar-refractivity contribution < 1.29 is 4.79 Å². The smallest absolute Gasteiger partial charge is 0.322 e. The van der Waals surface area contributed by atoms with E-state index in [1.54, 1.807) is 0 Å². The van der Waals surface area contributed by atoms with Gasteiger partial charge in [0.15, 0.2) is 5.82 Å². The lowest BCUT2D eigenvalue weighted by atomic mass is 9.87. The first-order valence-corrected chi connectivity index (χ1v) is 9.72. The van der Waals surface area contributed by atoms with E-state index in [1.807, 2.05) is 23.2 Å². The van der Waals surface area contributed by atoms with Crippen LogP contribution in [0.2, 0.25) is 0 Å². The van der Waals surface area contributed by atoms with Gasteiger partial charge in [0.2, 0.25) is 0 Å². The third kappa shape index (κ3) is 4.65. The molecule has 2 aliphatic rings. The van der Waals surface area contributed by atoms with E-state index in [-0.39, 0.29) is 11.4 Å². The largest absolute Gasteiger partial charge is 0.355 e. The van der Waals surface area contributed by atoms with Gasteiger partial charge >= 0.3 is 6.03 Å². The van der Waals surface area contributed by atoms with Crippen molar-refractivity contribution >= 4 is 17.5 Å². The number of nitrogens with zero attached hydrogens (tertiary/aromatic N) is 3. The molecule has 25 heavy (non-hydrogen) atoms. The predicted octanol–water partition coefficient (Wildman–Crippen LogP) is 4.50. The first kappa shape index (κ1) is 18.0. The molecule has 5 heteroatoms. The summed E-state index contributed by atoms with van der Waals surface area (Å²) in [6.45, 7) is 9.64. The van der Waals surface area contributed by atoms with E-state index in [0.717, 1.165) is 50.4 Å². The lowest BCUT2D eigenvalue weighted by Crippen LogP contribution is -2.41. The second kappa shape index (κ2) is 7.63. The lowest BCUT2D eigenvalue weighted by Gasteiger charge is -2.32. The maximum atomic E-state index is 12.9. The molecule has 0 bridgehead atoms. The van der Waals surface area contributed by atoms with Crippen LogP contribution in [-0.4, -0.2) is 41.6 Å². The summed E-state index contributed by atoms with van der Waals surface area (Å²) in [6.07, 6.45) is 8.75. The van der Waals surface area contributed by atoms with Crippen LogP contribution >= 0.6 is 0 Å². The summed E-state index contributed by atoms with van der Waals surface area (Å²) in [5, 5.41) is 3.15. The van der Waals surface area contributed by atoms with E-state index < -0.39 is 0 Å². The van der Waals surface area contributed by atoms with Crippen LogP contribution in [0.4, 0.5) is 16.3 Å². The molecule has 1 aromatic heterocycles. The van der Waals surface area contributed by atoms with Crippen molar-refractivity contribution in [2.45, 2.75) is 65.3 Å². The van der Waals surface area contributed by atoms with Crippen molar-refractivity contribution in [3.8, 4) is 0 Å². The number of likely N-dealkylation sites (tertiary alicyclic amines) is 1. The fourth-order valence-corrected chi connectivity index (χ4v) is 4.06. The van der Waals surface area contributed by atoms with Gasteiger partial charge in [-0.25, -0.2) is 9.78 Å². The Morgan fingerprint density at radius 3 is 2.68 bits per heavy atom. The number of piperidine rings is 1. The number of anilines is 2. The second-order valence-corrected chi connectivity index (χ2v) is 8.61. The first-order chi connectivity index (χ1) is 11.9. The second-order valence-electron chi connectivity index (χ2n) is 8.61. The summed E-state index contributed by atoms with van der Waals surface area (Å²) < 4.78 is 0. The van der Waals surface area contributed by atoms with Crippen molar-refractivity contribution in [3.05, 3.63) is 18.3 Å². The molecule has 138 valence electrons. The average Bonchev–Trinajstić information content (AvgIpc) is 3.02. The molecule has 0 aromatic carbocycles. The molecule has 5 nitrogen and oxygen atoms in total. The molecule has 0 unspecified atom stereocenters. The Morgan fingerprint density at radius 1 is 1.20 bits per heavy atom. The fourth-order valence-electron chi connectivity index (χ4n) is 4.06.